The molecule has 0 aliphatic carbocycles. The molecule has 0 fully saturated rings. The highest BCUT2D eigenvalue weighted by Gasteiger charge is 2.26. The van der Waals surface area contributed by atoms with E-state index in [0.29, 0.717) is 23.7 Å². The lowest BCUT2D eigenvalue weighted by Crippen LogP contribution is -2.05. The predicted molar refractivity (Wildman–Crippen MR) is 111 cm³/mol. The van der Waals surface area contributed by atoms with Gasteiger partial charge in [-0.3, -0.25) is 0 Å². The molecule has 1 aliphatic rings. The minimum absolute atomic E-state index is 0.112. The standard InChI is InChI=1S/C22H21NO4S/c1-24-18-11-14(12-19(25-2)22(18)26-3)21-13-16(17-8-6-10-27-17)23-15-7-4-5-9-20(15)28-21/h4-12,21H,13H2,1-3H3/t21-/m1/s1. The Hall–Kier alpha value is -2.86. The molecule has 1 aromatic heterocycles. The molecule has 0 saturated carbocycles. The fourth-order valence-electron chi connectivity index (χ4n) is 3.28. The van der Waals surface area contributed by atoms with Gasteiger partial charge in [0.1, 0.15) is 5.76 Å². The molecule has 28 heavy (non-hydrogen) atoms. The topological polar surface area (TPSA) is 53.2 Å². The second-order valence-corrected chi connectivity index (χ2v) is 7.52. The summed E-state index contributed by atoms with van der Waals surface area (Å²) in [4.78, 5) is 6.02. The Morgan fingerprint density at radius 2 is 1.71 bits per heavy atom. The zero-order chi connectivity index (χ0) is 19.5. The molecule has 0 N–H and O–H groups in total. The Morgan fingerprint density at radius 1 is 0.964 bits per heavy atom. The largest absolute Gasteiger partial charge is 0.493 e. The number of ether oxygens (including phenoxy) is 3. The third kappa shape index (κ3) is 3.47. The number of rotatable bonds is 5. The zero-order valence-corrected chi connectivity index (χ0v) is 16.8. The van der Waals surface area contributed by atoms with Crippen LogP contribution in [-0.2, 0) is 0 Å². The molecule has 1 aliphatic heterocycles. The minimum atomic E-state index is 0.112. The van der Waals surface area contributed by atoms with Gasteiger partial charge in [-0.1, -0.05) is 12.1 Å². The molecule has 0 bridgehead atoms. The summed E-state index contributed by atoms with van der Waals surface area (Å²) in [6.07, 6.45) is 2.39. The van der Waals surface area contributed by atoms with Crippen molar-refractivity contribution < 1.29 is 18.6 Å². The lowest BCUT2D eigenvalue weighted by molar-refractivity contribution is 0.324. The molecule has 6 heteroatoms. The van der Waals surface area contributed by atoms with Crippen LogP contribution >= 0.6 is 11.8 Å². The van der Waals surface area contributed by atoms with Crippen LogP contribution in [-0.4, -0.2) is 27.0 Å². The maximum atomic E-state index is 5.64. The summed E-state index contributed by atoms with van der Waals surface area (Å²) in [6, 6.07) is 16.0. The van der Waals surface area contributed by atoms with Gasteiger partial charge in [-0.25, -0.2) is 4.99 Å². The highest BCUT2D eigenvalue weighted by molar-refractivity contribution is 7.99. The van der Waals surface area contributed by atoms with Crippen LogP contribution in [0.2, 0.25) is 0 Å². The molecule has 2 aromatic carbocycles. The predicted octanol–water partition coefficient (Wildman–Crippen LogP) is 5.66. The number of para-hydroxylation sites is 1. The summed E-state index contributed by atoms with van der Waals surface area (Å²) >= 11 is 1.78. The van der Waals surface area contributed by atoms with E-state index < -0.39 is 0 Å². The number of hydrogen-bond donors (Lipinski definition) is 0. The van der Waals surface area contributed by atoms with Crippen LogP contribution < -0.4 is 14.2 Å². The first kappa shape index (κ1) is 18.5. The molecule has 1 atom stereocenters. The van der Waals surface area contributed by atoms with E-state index in [1.807, 2.05) is 42.5 Å². The molecule has 3 aromatic rings. The molecule has 0 amide bonds. The van der Waals surface area contributed by atoms with Crippen LogP contribution in [0.4, 0.5) is 5.69 Å². The number of hydrogen-bond acceptors (Lipinski definition) is 6. The van der Waals surface area contributed by atoms with Crippen molar-refractivity contribution in [2.24, 2.45) is 4.99 Å². The molecule has 5 nitrogen and oxygen atoms in total. The number of thioether (sulfide) groups is 1. The second kappa shape index (κ2) is 8.02. The Kier molecular flexibility index (Phi) is 5.30. The minimum Gasteiger partial charge on any atom is -0.493 e. The van der Waals surface area contributed by atoms with Crippen LogP contribution in [0.1, 0.15) is 23.0 Å². The van der Waals surface area contributed by atoms with Crippen LogP contribution in [0.5, 0.6) is 17.2 Å². The Balaban J connectivity index is 1.81. The van der Waals surface area contributed by atoms with E-state index >= 15 is 0 Å². The maximum Gasteiger partial charge on any atom is 0.203 e. The van der Waals surface area contributed by atoms with Crippen LogP contribution in [0.25, 0.3) is 0 Å². The summed E-state index contributed by atoms with van der Waals surface area (Å²) in [5.74, 6) is 2.67. The smallest absolute Gasteiger partial charge is 0.203 e. The summed E-state index contributed by atoms with van der Waals surface area (Å²) in [7, 11) is 4.87. The number of fused-ring (bicyclic) bond motifs is 1. The zero-order valence-electron chi connectivity index (χ0n) is 16.0. The van der Waals surface area contributed by atoms with Crippen molar-refractivity contribution in [3.63, 3.8) is 0 Å². The third-order valence-electron chi connectivity index (χ3n) is 4.63. The van der Waals surface area contributed by atoms with Crippen LogP contribution in [0, 0.1) is 0 Å². The van der Waals surface area contributed by atoms with Gasteiger partial charge in [-0.2, -0.15) is 0 Å². The van der Waals surface area contributed by atoms with Crippen molar-refractivity contribution in [1.29, 1.82) is 0 Å². The van der Waals surface area contributed by atoms with E-state index in [-0.39, 0.29) is 5.25 Å². The van der Waals surface area contributed by atoms with Gasteiger partial charge in [0.2, 0.25) is 5.75 Å². The van der Waals surface area contributed by atoms with Crippen molar-refractivity contribution in [3.8, 4) is 17.2 Å². The van der Waals surface area contributed by atoms with Crippen molar-refractivity contribution in [3.05, 3.63) is 66.1 Å². The molecule has 0 spiro atoms. The first-order chi connectivity index (χ1) is 13.7. The van der Waals surface area contributed by atoms with Gasteiger partial charge >= 0.3 is 0 Å². The van der Waals surface area contributed by atoms with E-state index in [1.54, 1.807) is 39.4 Å². The first-order valence-corrected chi connectivity index (χ1v) is 9.78. The summed E-state index contributed by atoms with van der Waals surface area (Å²) in [6.45, 7) is 0. The van der Waals surface area contributed by atoms with Crippen molar-refractivity contribution in [1.82, 2.24) is 0 Å². The van der Waals surface area contributed by atoms with Gasteiger partial charge in [-0.15, -0.1) is 11.8 Å². The Morgan fingerprint density at radius 3 is 2.36 bits per heavy atom. The molecule has 4 rings (SSSR count). The number of furan rings is 1. The molecule has 0 saturated heterocycles. The molecule has 0 unspecified atom stereocenters. The third-order valence-corrected chi connectivity index (χ3v) is 5.96. The van der Waals surface area contributed by atoms with Gasteiger partial charge in [0.25, 0.3) is 0 Å². The summed E-state index contributed by atoms with van der Waals surface area (Å²) in [5.41, 5.74) is 2.95. The van der Waals surface area contributed by atoms with E-state index in [2.05, 4.69) is 6.07 Å². The van der Waals surface area contributed by atoms with Gasteiger partial charge in [0.05, 0.1) is 39.0 Å². The fourth-order valence-corrected chi connectivity index (χ4v) is 4.49. The van der Waals surface area contributed by atoms with E-state index in [1.165, 1.54) is 0 Å². The van der Waals surface area contributed by atoms with Crippen LogP contribution in [0.15, 0.2) is 69.1 Å². The first-order valence-electron chi connectivity index (χ1n) is 8.90. The van der Waals surface area contributed by atoms with Crippen molar-refractivity contribution in [2.75, 3.05) is 21.3 Å². The van der Waals surface area contributed by atoms with Gasteiger partial charge in [0.15, 0.2) is 11.5 Å². The number of aliphatic imine (C=N–C) groups is 1. The molecule has 144 valence electrons. The lowest BCUT2D eigenvalue weighted by atomic mass is 10.0. The molecule has 0 radical (unpaired) electrons. The molecular weight excluding hydrogens is 374 g/mol. The number of methoxy groups -OCH3 is 3. The van der Waals surface area contributed by atoms with E-state index in [9.17, 15) is 0 Å². The molecular formula is C22H21NO4S. The SMILES string of the molecule is COc1cc([C@H]2CC(c3ccco3)=Nc3ccccc3S2)cc(OC)c1OC. The average Bonchev–Trinajstić information content (AvgIpc) is 3.20. The summed E-state index contributed by atoms with van der Waals surface area (Å²) < 4.78 is 22.2. The van der Waals surface area contributed by atoms with E-state index in [4.69, 9.17) is 23.6 Å². The van der Waals surface area contributed by atoms with E-state index in [0.717, 1.165) is 27.6 Å². The number of benzene rings is 2. The Labute approximate surface area is 168 Å². The second-order valence-electron chi connectivity index (χ2n) is 6.27. The average molecular weight is 395 g/mol. The summed E-state index contributed by atoms with van der Waals surface area (Å²) in [5, 5.41) is 0.112. The highest BCUT2D eigenvalue weighted by atomic mass is 32.2. The fraction of sp³-hybridized carbons (Fsp3) is 0.227. The Bertz CT molecular complexity index is 973. The lowest BCUT2D eigenvalue weighted by Gasteiger charge is -2.19. The van der Waals surface area contributed by atoms with Crippen molar-refractivity contribution >= 4 is 23.2 Å². The number of nitrogens with zero attached hydrogens (tertiary/aromatic N) is 1. The van der Waals surface area contributed by atoms with Gasteiger partial charge in [0, 0.05) is 16.6 Å². The normalized spacial score (nSPS) is 16.0. The monoisotopic (exact) mass is 395 g/mol. The van der Waals surface area contributed by atoms with Gasteiger partial charge in [-0.05, 0) is 42.0 Å². The molecule has 2 heterocycles. The highest BCUT2D eigenvalue weighted by Crippen LogP contribution is 2.49. The van der Waals surface area contributed by atoms with Crippen LogP contribution in [0.3, 0.4) is 0 Å². The maximum absolute atomic E-state index is 5.64. The van der Waals surface area contributed by atoms with Crippen molar-refractivity contribution in [2.45, 2.75) is 16.6 Å². The van der Waals surface area contributed by atoms with Gasteiger partial charge < -0.3 is 18.6 Å². The quantitative estimate of drug-likeness (QED) is 0.558.